The normalized spacial score (nSPS) is 12.5. The average Bonchev–Trinajstić information content (AvgIpc) is 3.34. The molecule has 7 heteroatoms. The molecule has 2 aromatic carbocycles. The summed E-state index contributed by atoms with van der Waals surface area (Å²) in [5.41, 5.74) is 3.71. The number of rotatable bonds is 7. The molecule has 0 bridgehead atoms. The molecule has 1 heterocycles. The number of amides is 1. The lowest BCUT2D eigenvalue weighted by Gasteiger charge is -2.13. The standard InChI is InChI=1S/C23H24FN3O3/c1-3-29-20-13-10-16(14-21(20)30-4-2)25-23(28)22-18-6-5-7-19(18)27(26-22)17-11-8-15(24)9-12-17/h8-14H,3-7H2,1-2H3,(H,25,28). The Hall–Kier alpha value is -3.35. The molecule has 1 aliphatic rings. The van der Waals surface area contributed by atoms with E-state index in [0.717, 1.165) is 36.2 Å². The molecule has 0 aliphatic heterocycles. The zero-order chi connectivity index (χ0) is 21.1. The van der Waals surface area contributed by atoms with Gasteiger partial charge in [-0.2, -0.15) is 5.10 Å². The molecule has 0 unspecified atom stereocenters. The molecule has 3 aromatic rings. The van der Waals surface area contributed by atoms with Gasteiger partial charge in [0.05, 0.1) is 18.9 Å². The van der Waals surface area contributed by atoms with Gasteiger partial charge in [0.15, 0.2) is 17.2 Å². The summed E-state index contributed by atoms with van der Waals surface area (Å²) in [4.78, 5) is 13.0. The summed E-state index contributed by atoms with van der Waals surface area (Å²) >= 11 is 0. The van der Waals surface area contributed by atoms with Crippen LogP contribution in [0.4, 0.5) is 10.1 Å². The third kappa shape index (κ3) is 3.87. The minimum atomic E-state index is -0.305. The Bertz CT molecular complexity index is 1060. The maximum absolute atomic E-state index is 13.3. The summed E-state index contributed by atoms with van der Waals surface area (Å²) < 4.78 is 26.3. The van der Waals surface area contributed by atoms with Crippen molar-refractivity contribution < 1.29 is 18.7 Å². The number of anilines is 1. The molecule has 156 valence electrons. The molecule has 0 saturated heterocycles. The number of aromatic nitrogens is 2. The molecule has 6 nitrogen and oxygen atoms in total. The number of carbonyl (C=O) groups excluding carboxylic acids is 1. The third-order valence-electron chi connectivity index (χ3n) is 5.02. The van der Waals surface area contributed by atoms with Crippen molar-refractivity contribution in [3.05, 3.63) is 65.2 Å². The van der Waals surface area contributed by atoms with E-state index in [9.17, 15) is 9.18 Å². The maximum Gasteiger partial charge on any atom is 0.276 e. The van der Waals surface area contributed by atoms with E-state index in [1.165, 1.54) is 12.1 Å². The van der Waals surface area contributed by atoms with E-state index >= 15 is 0 Å². The lowest BCUT2D eigenvalue weighted by molar-refractivity contribution is 0.102. The highest BCUT2D eigenvalue weighted by Crippen LogP contribution is 2.32. The van der Waals surface area contributed by atoms with Crippen LogP contribution in [0.5, 0.6) is 11.5 Å². The first-order valence-corrected chi connectivity index (χ1v) is 10.2. The van der Waals surface area contributed by atoms with Gasteiger partial charge in [-0.25, -0.2) is 9.07 Å². The van der Waals surface area contributed by atoms with Crippen molar-refractivity contribution in [2.45, 2.75) is 33.1 Å². The van der Waals surface area contributed by atoms with Gasteiger partial charge in [-0.1, -0.05) is 0 Å². The van der Waals surface area contributed by atoms with Gasteiger partial charge < -0.3 is 14.8 Å². The van der Waals surface area contributed by atoms with Gasteiger partial charge >= 0.3 is 0 Å². The molecule has 0 saturated carbocycles. The summed E-state index contributed by atoms with van der Waals surface area (Å²) in [6.45, 7) is 4.82. The number of benzene rings is 2. The third-order valence-corrected chi connectivity index (χ3v) is 5.02. The summed E-state index contributed by atoms with van der Waals surface area (Å²) in [5.74, 6) is 0.639. The van der Waals surface area contributed by atoms with Crippen LogP contribution in [-0.2, 0) is 12.8 Å². The molecule has 1 amide bonds. The molecule has 0 radical (unpaired) electrons. The number of halogens is 1. The highest BCUT2D eigenvalue weighted by molar-refractivity contribution is 6.04. The van der Waals surface area contributed by atoms with Crippen LogP contribution in [0, 0.1) is 5.82 Å². The van der Waals surface area contributed by atoms with Crippen LogP contribution in [0.15, 0.2) is 42.5 Å². The van der Waals surface area contributed by atoms with Crippen LogP contribution in [-0.4, -0.2) is 28.9 Å². The number of hydrogen-bond acceptors (Lipinski definition) is 4. The molecule has 1 aromatic heterocycles. The zero-order valence-electron chi connectivity index (χ0n) is 17.1. The van der Waals surface area contributed by atoms with Crippen LogP contribution < -0.4 is 14.8 Å². The second kappa shape index (κ2) is 8.57. The van der Waals surface area contributed by atoms with E-state index in [2.05, 4.69) is 10.4 Å². The van der Waals surface area contributed by atoms with Crippen LogP contribution in [0.25, 0.3) is 5.69 Å². The van der Waals surface area contributed by atoms with Crippen molar-refractivity contribution in [1.29, 1.82) is 0 Å². The van der Waals surface area contributed by atoms with Crippen molar-refractivity contribution in [2.75, 3.05) is 18.5 Å². The van der Waals surface area contributed by atoms with Crippen LogP contribution in [0.1, 0.15) is 42.0 Å². The van der Waals surface area contributed by atoms with Crippen molar-refractivity contribution in [3.8, 4) is 17.2 Å². The van der Waals surface area contributed by atoms with Gasteiger partial charge in [-0.3, -0.25) is 4.79 Å². The predicted octanol–water partition coefficient (Wildman–Crippen LogP) is 4.55. The first-order valence-electron chi connectivity index (χ1n) is 10.2. The van der Waals surface area contributed by atoms with Gasteiger partial charge in [-0.05, 0) is 69.5 Å². The molecular weight excluding hydrogens is 385 g/mol. The number of fused-ring (bicyclic) bond motifs is 1. The monoisotopic (exact) mass is 409 g/mol. The average molecular weight is 409 g/mol. The lowest BCUT2D eigenvalue weighted by Crippen LogP contribution is -2.15. The molecular formula is C23H24FN3O3. The van der Waals surface area contributed by atoms with Gasteiger partial charge in [0.2, 0.25) is 0 Å². The Morgan fingerprint density at radius 1 is 1.07 bits per heavy atom. The fraction of sp³-hybridized carbons (Fsp3) is 0.304. The van der Waals surface area contributed by atoms with Crippen LogP contribution in [0.3, 0.4) is 0 Å². The molecule has 30 heavy (non-hydrogen) atoms. The SMILES string of the molecule is CCOc1ccc(NC(=O)c2nn(-c3ccc(F)cc3)c3c2CCC3)cc1OCC. The largest absolute Gasteiger partial charge is 0.490 e. The minimum Gasteiger partial charge on any atom is -0.490 e. The van der Waals surface area contributed by atoms with Crippen molar-refractivity contribution in [1.82, 2.24) is 9.78 Å². The van der Waals surface area contributed by atoms with Gasteiger partial charge in [-0.15, -0.1) is 0 Å². The van der Waals surface area contributed by atoms with Crippen LogP contribution in [0.2, 0.25) is 0 Å². The van der Waals surface area contributed by atoms with Gasteiger partial charge in [0.1, 0.15) is 5.82 Å². The first-order chi connectivity index (χ1) is 14.6. The van der Waals surface area contributed by atoms with Gasteiger partial charge in [0.25, 0.3) is 5.91 Å². The topological polar surface area (TPSA) is 65.4 Å². The van der Waals surface area contributed by atoms with E-state index in [1.54, 1.807) is 35.0 Å². The van der Waals surface area contributed by atoms with E-state index in [1.807, 2.05) is 13.8 Å². The quantitative estimate of drug-likeness (QED) is 0.622. The Balaban J connectivity index is 1.62. The van der Waals surface area contributed by atoms with Gasteiger partial charge in [0, 0.05) is 23.0 Å². The fourth-order valence-corrected chi connectivity index (χ4v) is 3.73. The van der Waals surface area contributed by atoms with E-state index in [4.69, 9.17) is 9.47 Å². The molecule has 0 fully saturated rings. The lowest BCUT2D eigenvalue weighted by atomic mass is 10.2. The molecule has 0 atom stereocenters. The van der Waals surface area contributed by atoms with Crippen molar-refractivity contribution in [2.24, 2.45) is 0 Å². The Morgan fingerprint density at radius 2 is 1.80 bits per heavy atom. The second-order valence-electron chi connectivity index (χ2n) is 7.00. The summed E-state index contributed by atoms with van der Waals surface area (Å²) in [7, 11) is 0. The maximum atomic E-state index is 13.3. The number of nitrogens with zero attached hydrogens (tertiary/aromatic N) is 2. The molecule has 0 spiro atoms. The van der Waals surface area contributed by atoms with Crippen molar-refractivity contribution >= 4 is 11.6 Å². The first kappa shape index (κ1) is 19.9. The summed E-state index contributed by atoms with van der Waals surface area (Å²) in [6.07, 6.45) is 2.60. The molecule has 1 aliphatic carbocycles. The highest BCUT2D eigenvalue weighted by atomic mass is 19.1. The number of ether oxygens (including phenoxy) is 2. The van der Waals surface area contributed by atoms with E-state index in [-0.39, 0.29) is 11.7 Å². The smallest absolute Gasteiger partial charge is 0.276 e. The van der Waals surface area contributed by atoms with E-state index < -0.39 is 0 Å². The Labute approximate surface area is 174 Å². The van der Waals surface area contributed by atoms with E-state index in [0.29, 0.717) is 36.1 Å². The predicted molar refractivity (Wildman–Crippen MR) is 112 cm³/mol. The Morgan fingerprint density at radius 3 is 2.53 bits per heavy atom. The number of carbonyl (C=O) groups is 1. The fourth-order valence-electron chi connectivity index (χ4n) is 3.73. The molecule has 1 N–H and O–H groups in total. The molecule has 4 rings (SSSR count). The number of hydrogen-bond donors (Lipinski definition) is 1. The Kier molecular flexibility index (Phi) is 5.70. The number of nitrogens with one attached hydrogen (secondary N) is 1. The summed E-state index contributed by atoms with van der Waals surface area (Å²) in [6, 6.07) is 11.4. The summed E-state index contributed by atoms with van der Waals surface area (Å²) in [5, 5.41) is 7.48. The van der Waals surface area contributed by atoms with Crippen molar-refractivity contribution in [3.63, 3.8) is 0 Å². The second-order valence-corrected chi connectivity index (χ2v) is 7.00. The highest BCUT2D eigenvalue weighted by Gasteiger charge is 2.27. The minimum absolute atomic E-state index is 0.277. The zero-order valence-corrected chi connectivity index (χ0v) is 17.1. The van der Waals surface area contributed by atoms with Crippen LogP contribution >= 0.6 is 0 Å².